The molecule has 118 valence electrons. The predicted molar refractivity (Wildman–Crippen MR) is 76.9 cm³/mol. The molecule has 0 amide bonds. The minimum Gasteiger partial charge on any atom is -0.205 e. The van der Waals surface area contributed by atoms with Gasteiger partial charge in [0.2, 0.25) is 0 Å². The highest BCUT2D eigenvalue weighted by Crippen LogP contribution is 2.40. The van der Waals surface area contributed by atoms with Gasteiger partial charge in [-0.05, 0) is 29.3 Å². The first-order valence-corrected chi connectivity index (χ1v) is 6.89. The molecule has 0 atom stereocenters. The average Bonchev–Trinajstić information content (AvgIpc) is 2.42. The van der Waals surface area contributed by atoms with Crippen molar-refractivity contribution in [1.29, 1.82) is 0 Å². The van der Waals surface area contributed by atoms with E-state index in [0.717, 1.165) is 12.1 Å². The molecule has 0 aliphatic rings. The Labute approximate surface area is 137 Å². The van der Waals surface area contributed by atoms with E-state index in [9.17, 15) is 22.0 Å². The second-order valence-electron chi connectivity index (χ2n) is 4.35. The van der Waals surface area contributed by atoms with Crippen LogP contribution in [0.1, 0.15) is 17.6 Å². The maximum Gasteiger partial charge on any atom is 0.416 e. The van der Waals surface area contributed by atoms with Gasteiger partial charge < -0.3 is 0 Å². The van der Waals surface area contributed by atoms with Crippen LogP contribution in [0.4, 0.5) is 22.0 Å². The van der Waals surface area contributed by atoms with Crippen LogP contribution < -0.4 is 0 Å². The van der Waals surface area contributed by atoms with Gasteiger partial charge in [0.1, 0.15) is 0 Å². The molecule has 0 bridgehead atoms. The second kappa shape index (κ2) is 6.22. The van der Waals surface area contributed by atoms with Crippen LogP contribution in [0.15, 0.2) is 30.3 Å². The summed E-state index contributed by atoms with van der Waals surface area (Å²) in [7, 11) is 0. The summed E-state index contributed by atoms with van der Waals surface area (Å²) in [4.78, 5) is 0. The summed E-state index contributed by atoms with van der Waals surface area (Å²) in [5.41, 5.74) is -2.19. The van der Waals surface area contributed by atoms with Gasteiger partial charge in [0.25, 0.3) is 6.43 Å². The van der Waals surface area contributed by atoms with E-state index in [1.807, 2.05) is 0 Å². The number of alkyl halides is 5. The lowest BCUT2D eigenvalue weighted by atomic mass is 9.99. The first-order valence-electron chi connectivity index (χ1n) is 5.75. The lowest BCUT2D eigenvalue weighted by Crippen LogP contribution is -2.09. The smallest absolute Gasteiger partial charge is 0.205 e. The van der Waals surface area contributed by atoms with Crippen molar-refractivity contribution in [2.24, 2.45) is 0 Å². The number of rotatable bonds is 2. The van der Waals surface area contributed by atoms with Gasteiger partial charge in [-0.2, -0.15) is 13.2 Å². The third kappa shape index (κ3) is 3.47. The van der Waals surface area contributed by atoms with Crippen LogP contribution >= 0.6 is 34.8 Å². The molecule has 0 aliphatic heterocycles. The summed E-state index contributed by atoms with van der Waals surface area (Å²) >= 11 is 17.4. The molecule has 0 fully saturated rings. The molecule has 2 aromatic carbocycles. The molecule has 2 rings (SSSR count). The third-order valence-corrected chi connectivity index (χ3v) is 4.11. The number of benzene rings is 2. The van der Waals surface area contributed by atoms with Crippen LogP contribution in [-0.2, 0) is 6.18 Å². The van der Waals surface area contributed by atoms with E-state index in [1.54, 1.807) is 0 Å². The topological polar surface area (TPSA) is 0 Å². The van der Waals surface area contributed by atoms with Crippen LogP contribution in [0.5, 0.6) is 0 Å². The van der Waals surface area contributed by atoms with E-state index in [1.165, 1.54) is 12.1 Å². The lowest BCUT2D eigenvalue weighted by molar-refractivity contribution is -0.139. The van der Waals surface area contributed by atoms with Gasteiger partial charge in [0.15, 0.2) is 0 Å². The molecule has 0 saturated heterocycles. The quantitative estimate of drug-likeness (QED) is 0.382. The van der Waals surface area contributed by atoms with E-state index in [2.05, 4.69) is 0 Å². The summed E-state index contributed by atoms with van der Waals surface area (Å²) in [5.74, 6) is 0. The fourth-order valence-corrected chi connectivity index (χ4v) is 2.49. The Kier molecular flexibility index (Phi) is 4.90. The zero-order chi connectivity index (χ0) is 16.7. The molecule has 0 aromatic heterocycles. The Bertz CT molecular complexity index is 687. The maximum atomic E-state index is 12.9. The van der Waals surface area contributed by atoms with E-state index in [0.29, 0.717) is 6.07 Å². The van der Waals surface area contributed by atoms with Crippen molar-refractivity contribution in [3.05, 3.63) is 56.5 Å². The van der Waals surface area contributed by atoms with Crippen LogP contribution in [-0.4, -0.2) is 0 Å². The number of halogens is 8. The third-order valence-electron chi connectivity index (χ3n) is 2.91. The largest absolute Gasteiger partial charge is 0.416 e. The molecule has 0 unspecified atom stereocenters. The van der Waals surface area contributed by atoms with Gasteiger partial charge in [-0.1, -0.05) is 46.9 Å². The highest BCUT2D eigenvalue weighted by atomic mass is 35.5. The zero-order valence-corrected chi connectivity index (χ0v) is 12.8. The molecule has 0 spiro atoms. The summed E-state index contributed by atoms with van der Waals surface area (Å²) in [5, 5.41) is 0.165. The predicted octanol–water partition coefficient (Wildman–Crippen LogP) is 7.27. The SMILES string of the molecule is FC(F)c1ccc(-c2cc(Cl)c(Cl)c(Cl)c2)cc1C(F)(F)F. The van der Waals surface area contributed by atoms with Crippen LogP contribution in [0, 0.1) is 0 Å². The zero-order valence-electron chi connectivity index (χ0n) is 10.5. The van der Waals surface area contributed by atoms with Crippen molar-refractivity contribution in [3.63, 3.8) is 0 Å². The molecule has 0 heterocycles. The van der Waals surface area contributed by atoms with Crippen molar-refractivity contribution < 1.29 is 22.0 Å². The van der Waals surface area contributed by atoms with Gasteiger partial charge in [0, 0.05) is 5.56 Å². The van der Waals surface area contributed by atoms with E-state index in [-0.39, 0.29) is 26.2 Å². The first kappa shape index (κ1) is 17.3. The van der Waals surface area contributed by atoms with Crippen LogP contribution in [0.25, 0.3) is 11.1 Å². The van der Waals surface area contributed by atoms with E-state index < -0.39 is 23.7 Å². The maximum absolute atomic E-state index is 12.9. The van der Waals surface area contributed by atoms with Crippen LogP contribution in [0.3, 0.4) is 0 Å². The van der Waals surface area contributed by atoms with Crippen molar-refractivity contribution in [1.82, 2.24) is 0 Å². The lowest BCUT2D eigenvalue weighted by Gasteiger charge is -2.14. The minimum absolute atomic E-state index is 0.0515. The van der Waals surface area contributed by atoms with Crippen molar-refractivity contribution in [2.75, 3.05) is 0 Å². The molecular formula is C14H6Cl3F5. The standard InChI is InChI=1S/C14H6Cl3F5/c15-10-4-7(5-11(16)12(10)17)6-1-2-8(13(18)19)9(3-6)14(20,21)22/h1-5,13H. The molecule has 0 saturated carbocycles. The molecule has 22 heavy (non-hydrogen) atoms. The first-order chi connectivity index (χ1) is 10.1. The highest BCUT2D eigenvalue weighted by molar-refractivity contribution is 6.48. The van der Waals surface area contributed by atoms with Crippen molar-refractivity contribution >= 4 is 34.8 Å². The minimum atomic E-state index is -4.90. The summed E-state index contributed by atoms with van der Waals surface area (Å²) < 4.78 is 64.2. The summed E-state index contributed by atoms with van der Waals surface area (Å²) in [6.45, 7) is 0. The van der Waals surface area contributed by atoms with Gasteiger partial charge in [-0.15, -0.1) is 0 Å². The Hall–Kier alpha value is -1.04. The van der Waals surface area contributed by atoms with Crippen molar-refractivity contribution in [3.8, 4) is 11.1 Å². The summed E-state index contributed by atoms with van der Waals surface area (Å²) in [6.07, 6.45) is -8.13. The Morgan fingerprint density at radius 3 is 1.82 bits per heavy atom. The van der Waals surface area contributed by atoms with E-state index in [4.69, 9.17) is 34.8 Å². The molecule has 0 radical (unpaired) electrons. The highest BCUT2D eigenvalue weighted by Gasteiger charge is 2.36. The Morgan fingerprint density at radius 2 is 1.36 bits per heavy atom. The average molecular weight is 376 g/mol. The fourth-order valence-electron chi connectivity index (χ4n) is 1.89. The monoisotopic (exact) mass is 374 g/mol. The van der Waals surface area contributed by atoms with Gasteiger partial charge in [0.05, 0.1) is 20.6 Å². The molecule has 0 N–H and O–H groups in total. The molecule has 2 aromatic rings. The molecule has 8 heteroatoms. The second-order valence-corrected chi connectivity index (χ2v) is 5.55. The van der Waals surface area contributed by atoms with Crippen molar-refractivity contribution in [2.45, 2.75) is 12.6 Å². The van der Waals surface area contributed by atoms with Gasteiger partial charge in [-0.25, -0.2) is 8.78 Å². The van der Waals surface area contributed by atoms with Crippen LogP contribution in [0.2, 0.25) is 15.1 Å². The van der Waals surface area contributed by atoms with Gasteiger partial charge in [-0.3, -0.25) is 0 Å². The molecule has 0 nitrogen and oxygen atoms in total. The Morgan fingerprint density at radius 1 is 0.818 bits per heavy atom. The number of hydrogen-bond donors (Lipinski definition) is 0. The summed E-state index contributed by atoms with van der Waals surface area (Å²) in [6, 6.07) is 5.14. The molecular weight excluding hydrogens is 370 g/mol. The molecule has 0 aliphatic carbocycles. The van der Waals surface area contributed by atoms with E-state index >= 15 is 0 Å². The van der Waals surface area contributed by atoms with Gasteiger partial charge >= 0.3 is 6.18 Å². The number of hydrogen-bond acceptors (Lipinski definition) is 0. The fraction of sp³-hybridized carbons (Fsp3) is 0.143. The Balaban J connectivity index is 2.63. The normalized spacial score (nSPS) is 12.0.